The van der Waals surface area contributed by atoms with Crippen molar-refractivity contribution in [3.05, 3.63) is 101 Å². The summed E-state index contributed by atoms with van der Waals surface area (Å²) in [6, 6.07) is 19.7. The number of pyridine rings is 1. The van der Waals surface area contributed by atoms with Gasteiger partial charge in [0, 0.05) is 35.6 Å². The van der Waals surface area contributed by atoms with Crippen molar-refractivity contribution in [3.63, 3.8) is 0 Å². The highest BCUT2D eigenvalue weighted by molar-refractivity contribution is 7.80. The fraction of sp³-hybridized carbons (Fsp3) is 0.233. The maximum absolute atomic E-state index is 13.0. The third-order valence-electron chi connectivity index (χ3n) is 7.13. The average Bonchev–Trinajstić information content (AvgIpc) is 3.43. The number of phenolic OH excluding ortho intramolecular Hbond substituents is 1. The van der Waals surface area contributed by atoms with Crippen molar-refractivity contribution in [2.45, 2.75) is 32.4 Å². The summed E-state index contributed by atoms with van der Waals surface area (Å²) in [5.41, 5.74) is 4.91. The van der Waals surface area contributed by atoms with Gasteiger partial charge in [0.05, 0.1) is 36.3 Å². The number of thiocarbonyl (C=S) groups is 1. The summed E-state index contributed by atoms with van der Waals surface area (Å²) >= 11 is 12.1. The molecule has 2 aromatic heterocycles. The minimum atomic E-state index is -0.247. The second-order valence-electron chi connectivity index (χ2n) is 9.61. The second kappa shape index (κ2) is 11.6. The molecule has 3 heterocycles. The Balaban J connectivity index is 1.49. The smallest absolute Gasteiger partial charge is 0.226 e. The predicted octanol–water partition coefficient (Wildman–Crippen LogP) is 5.86. The molecule has 4 aromatic rings. The number of nitrogens with one attached hydrogen (secondary N) is 2. The van der Waals surface area contributed by atoms with Gasteiger partial charge >= 0.3 is 0 Å². The lowest BCUT2D eigenvalue weighted by atomic mass is 9.96. The first kappa shape index (κ1) is 27.5. The van der Waals surface area contributed by atoms with E-state index in [1.807, 2.05) is 53.6 Å². The van der Waals surface area contributed by atoms with E-state index < -0.39 is 0 Å². The molecular formula is C30H30ClN5O3S. The summed E-state index contributed by atoms with van der Waals surface area (Å²) < 4.78 is 7.35. The molecule has 0 spiro atoms. The highest BCUT2D eigenvalue weighted by atomic mass is 35.5. The zero-order chi connectivity index (χ0) is 28.4. The van der Waals surface area contributed by atoms with Gasteiger partial charge in [-0.3, -0.25) is 9.78 Å². The molecule has 5 rings (SSSR count). The number of amides is 1. The van der Waals surface area contributed by atoms with Gasteiger partial charge in [-0.15, -0.1) is 0 Å². The summed E-state index contributed by atoms with van der Waals surface area (Å²) in [7, 11) is 1.57. The van der Waals surface area contributed by atoms with Gasteiger partial charge in [0.2, 0.25) is 5.91 Å². The molecule has 0 aliphatic carbocycles. The number of carbonyl (C=O) groups is 1. The van der Waals surface area contributed by atoms with E-state index in [9.17, 15) is 9.90 Å². The molecule has 1 saturated heterocycles. The standard InChI is InChI=1S/C30H30ClN5O3S/c1-18-16-21(19(2)36(18)24-17-20(31)11-12-25(24)37)29-28(23-9-6-7-14-32-23)34-30(40)35(29)15-13-27(38)33-22-8-4-5-10-26(22)39-3/h4-12,14,16-17,28-29,37H,13,15H2,1-3H3,(H,33,38)(H,34,40)/t28-,29+/m0/s1. The molecule has 8 nitrogen and oxygen atoms in total. The lowest BCUT2D eigenvalue weighted by molar-refractivity contribution is -0.116. The number of phenols is 1. The number of carbonyl (C=O) groups excluding carboxylic acids is 1. The van der Waals surface area contributed by atoms with E-state index in [0.717, 1.165) is 22.6 Å². The third-order valence-corrected chi connectivity index (χ3v) is 7.71. The zero-order valence-corrected chi connectivity index (χ0v) is 24.0. The van der Waals surface area contributed by atoms with E-state index in [4.69, 9.17) is 28.6 Å². The van der Waals surface area contributed by atoms with E-state index in [-0.39, 0.29) is 30.2 Å². The topological polar surface area (TPSA) is 91.7 Å². The Morgan fingerprint density at radius 3 is 2.67 bits per heavy atom. The van der Waals surface area contributed by atoms with Gasteiger partial charge in [0.25, 0.3) is 0 Å². The molecule has 1 aliphatic heterocycles. The number of para-hydroxylation sites is 2. The maximum Gasteiger partial charge on any atom is 0.226 e. The van der Waals surface area contributed by atoms with Gasteiger partial charge in [-0.1, -0.05) is 29.8 Å². The Morgan fingerprint density at radius 1 is 1.15 bits per heavy atom. The van der Waals surface area contributed by atoms with Gasteiger partial charge in [-0.25, -0.2) is 0 Å². The van der Waals surface area contributed by atoms with Crippen LogP contribution in [0, 0.1) is 13.8 Å². The highest BCUT2D eigenvalue weighted by Gasteiger charge is 2.41. The molecule has 1 aliphatic rings. The number of rotatable bonds is 8. The number of aromatic nitrogens is 2. The van der Waals surface area contributed by atoms with Crippen molar-refractivity contribution in [2.75, 3.05) is 19.0 Å². The lowest BCUT2D eigenvalue weighted by Crippen LogP contribution is -2.33. The Labute approximate surface area is 243 Å². The Morgan fingerprint density at radius 2 is 1.93 bits per heavy atom. The van der Waals surface area contributed by atoms with Crippen LogP contribution in [-0.4, -0.2) is 44.2 Å². The molecular weight excluding hydrogens is 546 g/mol. The Bertz CT molecular complexity index is 1560. The maximum atomic E-state index is 13.0. The van der Waals surface area contributed by atoms with Crippen LogP contribution in [0.25, 0.3) is 5.69 Å². The Kier molecular flexibility index (Phi) is 7.95. The number of anilines is 1. The van der Waals surface area contributed by atoms with Crippen LogP contribution in [0.4, 0.5) is 5.69 Å². The minimum absolute atomic E-state index is 0.129. The normalized spacial score (nSPS) is 16.6. The quantitative estimate of drug-likeness (QED) is 0.227. The monoisotopic (exact) mass is 575 g/mol. The van der Waals surface area contributed by atoms with Crippen molar-refractivity contribution in [3.8, 4) is 17.2 Å². The van der Waals surface area contributed by atoms with Gasteiger partial charge in [-0.05, 0) is 80.2 Å². The number of hydrogen-bond donors (Lipinski definition) is 3. The summed E-state index contributed by atoms with van der Waals surface area (Å²) in [4.78, 5) is 19.7. The number of aromatic hydroxyl groups is 1. The summed E-state index contributed by atoms with van der Waals surface area (Å²) in [6.07, 6.45) is 1.97. The first-order chi connectivity index (χ1) is 19.3. The summed E-state index contributed by atoms with van der Waals surface area (Å²) in [6.45, 7) is 4.37. The van der Waals surface area contributed by atoms with Crippen molar-refractivity contribution in [1.29, 1.82) is 0 Å². The van der Waals surface area contributed by atoms with Crippen LogP contribution in [0.3, 0.4) is 0 Å². The molecule has 10 heteroatoms. The largest absolute Gasteiger partial charge is 0.506 e. The zero-order valence-electron chi connectivity index (χ0n) is 22.4. The van der Waals surface area contributed by atoms with Crippen molar-refractivity contribution in [2.24, 2.45) is 0 Å². The van der Waals surface area contributed by atoms with Crippen LogP contribution in [0.1, 0.15) is 41.1 Å². The molecule has 0 radical (unpaired) electrons. The number of ether oxygens (including phenoxy) is 1. The molecule has 1 amide bonds. The van der Waals surface area contributed by atoms with Gasteiger partial charge < -0.3 is 29.9 Å². The molecule has 3 N–H and O–H groups in total. The van der Waals surface area contributed by atoms with Crippen LogP contribution >= 0.6 is 23.8 Å². The van der Waals surface area contributed by atoms with Crippen LogP contribution in [-0.2, 0) is 4.79 Å². The summed E-state index contributed by atoms with van der Waals surface area (Å²) in [5, 5.41) is 18.1. The molecule has 40 heavy (non-hydrogen) atoms. The average molecular weight is 576 g/mol. The molecule has 0 unspecified atom stereocenters. The van der Waals surface area contributed by atoms with Gasteiger partial charge in [0.1, 0.15) is 11.5 Å². The molecule has 206 valence electrons. The third kappa shape index (κ3) is 5.35. The molecule has 2 aromatic carbocycles. The predicted molar refractivity (Wildman–Crippen MR) is 160 cm³/mol. The number of nitrogens with zero attached hydrogens (tertiary/aromatic N) is 3. The van der Waals surface area contributed by atoms with E-state index >= 15 is 0 Å². The molecule has 0 bridgehead atoms. The van der Waals surface area contributed by atoms with Crippen LogP contribution in [0.5, 0.6) is 11.5 Å². The van der Waals surface area contributed by atoms with E-state index in [2.05, 4.69) is 21.7 Å². The van der Waals surface area contributed by atoms with Crippen molar-refractivity contribution < 1.29 is 14.6 Å². The number of aryl methyl sites for hydroxylation is 1. The van der Waals surface area contributed by atoms with Gasteiger partial charge in [-0.2, -0.15) is 0 Å². The van der Waals surface area contributed by atoms with Gasteiger partial charge in [0.15, 0.2) is 5.11 Å². The number of hydrogen-bond acceptors (Lipinski definition) is 5. The number of benzene rings is 2. The Hall–Kier alpha value is -4.08. The van der Waals surface area contributed by atoms with Crippen LogP contribution in [0.15, 0.2) is 72.9 Å². The van der Waals surface area contributed by atoms with E-state index in [0.29, 0.717) is 33.8 Å². The minimum Gasteiger partial charge on any atom is -0.506 e. The first-order valence-electron chi connectivity index (χ1n) is 12.9. The lowest BCUT2D eigenvalue weighted by Gasteiger charge is -2.28. The summed E-state index contributed by atoms with van der Waals surface area (Å²) in [5.74, 6) is 0.574. The SMILES string of the molecule is COc1ccccc1NC(=O)CCN1C(=S)N[C@@H](c2ccccn2)[C@H]1c1cc(C)n(-c2cc(Cl)ccc2O)c1C. The fourth-order valence-corrected chi connectivity index (χ4v) is 5.80. The molecule has 1 fully saturated rings. The fourth-order valence-electron chi connectivity index (χ4n) is 5.30. The van der Waals surface area contributed by atoms with E-state index in [1.165, 1.54) is 0 Å². The molecule has 2 atom stereocenters. The second-order valence-corrected chi connectivity index (χ2v) is 10.4. The van der Waals surface area contributed by atoms with Crippen molar-refractivity contribution in [1.82, 2.24) is 19.8 Å². The number of halogens is 1. The molecule has 0 saturated carbocycles. The highest BCUT2D eigenvalue weighted by Crippen LogP contribution is 2.42. The first-order valence-corrected chi connectivity index (χ1v) is 13.7. The van der Waals surface area contributed by atoms with E-state index in [1.54, 1.807) is 43.6 Å². The van der Waals surface area contributed by atoms with Crippen LogP contribution in [0.2, 0.25) is 5.02 Å². The van der Waals surface area contributed by atoms with Crippen molar-refractivity contribution >= 4 is 40.5 Å². The number of methoxy groups -OCH3 is 1. The van der Waals surface area contributed by atoms with Crippen LogP contribution < -0.4 is 15.4 Å².